The molecule has 0 radical (unpaired) electrons. The van der Waals surface area contributed by atoms with Crippen LogP contribution in [0.1, 0.15) is 5.76 Å². The van der Waals surface area contributed by atoms with Crippen LogP contribution < -0.4 is 0 Å². The maximum atomic E-state index is 12.7. The van der Waals surface area contributed by atoms with Crippen LogP contribution in [0.25, 0.3) is 17.0 Å². The molecule has 0 aliphatic heterocycles. The normalized spacial score (nSPS) is 12.3. The fourth-order valence-corrected chi connectivity index (χ4v) is 4.18. The third-order valence-electron chi connectivity index (χ3n) is 3.40. The summed E-state index contributed by atoms with van der Waals surface area (Å²) in [6, 6.07) is 13.0. The molecule has 0 fully saturated rings. The van der Waals surface area contributed by atoms with Crippen molar-refractivity contribution in [1.82, 2.24) is 0 Å². The number of hydrogen-bond donors (Lipinski definition) is 0. The largest absolute Gasteiger partial charge is 0.455 e. The third-order valence-corrected chi connectivity index (χ3v) is 6.49. The van der Waals surface area contributed by atoms with Gasteiger partial charge in [0.2, 0.25) is 9.84 Å². The first kappa shape index (κ1) is 18.2. The molecule has 0 spiro atoms. The molecule has 0 aliphatic carbocycles. The van der Waals surface area contributed by atoms with E-state index in [1.807, 2.05) is 0 Å². The number of hydrogen-bond acceptors (Lipinski definition) is 4. The van der Waals surface area contributed by atoms with Crippen molar-refractivity contribution in [3.63, 3.8) is 0 Å². The highest BCUT2D eigenvalue weighted by Crippen LogP contribution is 2.34. The molecule has 1 aromatic heterocycles. The minimum atomic E-state index is -3.98. The molecule has 126 valence electrons. The van der Waals surface area contributed by atoms with Crippen LogP contribution in [0.5, 0.6) is 0 Å². The van der Waals surface area contributed by atoms with Crippen LogP contribution in [0.3, 0.4) is 0 Å². The van der Waals surface area contributed by atoms with E-state index in [1.165, 1.54) is 12.1 Å². The fourth-order valence-electron chi connectivity index (χ4n) is 2.18. The first-order chi connectivity index (χ1) is 11.8. The third kappa shape index (κ3) is 3.53. The smallest absolute Gasteiger partial charge is 0.216 e. The molecule has 4 nitrogen and oxygen atoms in total. The second-order valence-corrected chi connectivity index (χ2v) is 9.13. The number of allylic oxidation sites excluding steroid dienone is 1. The standard InChI is InChI=1S/C17H8Br2ClNO3S/c18-10-1-4-12(5-2-10)25(22,23)13(9-21)8-16-17(20)14-7-11(19)3-6-15(14)24-16/h1-8H/b13-8+. The van der Waals surface area contributed by atoms with Crippen molar-refractivity contribution in [1.29, 1.82) is 5.26 Å². The first-order valence-electron chi connectivity index (χ1n) is 6.83. The topological polar surface area (TPSA) is 71.1 Å². The zero-order valence-electron chi connectivity index (χ0n) is 12.3. The Morgan fingerprint density at radius 3 is 2.40 bits per heavy atom. The van der Waals surface area contributed by atoms with Gasteiger partial charge in [-0.25, -0.2) is 8.42 Å². The minimum Gasteiger partial charge on any atom is -0.455 e. The van der Waals surface area contributed by atoms with Gasteiger partial charge in [-0.15, -0.1) is 0 Å². The Bertz CT molecular complexity index is 1140. The van der Waals surface area contributed by atoms with Crippen LogP contribution in [0.15, 0.2) is 65.6 Å². The Labute approximate surface area is 165 Å². The summed E-state index contributed by atoms with van der Waals surface area (Å²) >= 11 is 12.9. The van der Waals surface area contributed by atoms with Crippen molar-refractivity contribution in [2.24, 2.45) is 0 Å². The lowest BCUT2D eigenvalue weighted by atomic mass is 10.2. The van der Waals surface area contributed by atoms with E-state index in [0.29, 0.717) is 11.0 Å². The van der Waals surface area contributed by atoms with Gasteiger partial charge in [0.15, 0.2) is 4.91 Å². The minimum absolute atomic E-state index is 0.0125. The second kappa shape index (κ2) is 6.96. The average Bonchev–Trinajstić information content (AvgIpc) is 2.88. The molecule has 2 aromatic carbocycles. The van der Waals surface area contributed by atoms with E-state index in [-0.39, 0.29) is 15.7 Å². The average molecular weight is 502 g/mol. The molecule has 0 saturated heterocycles. The van der Waals surface area contributed by atoms with E-state index in [1.54, 1.807) is 36.4 Å². The second-order valence-electron chi connectivity index (χ2n) is 5.00. The van der Waals surface area contributed by atoms with Crippen LogP contribution >= 0.6 is 43.5 Å². The van der Waals surface area contributed by atoms with E-state index in [9.17, 15) is 13.7 Å². The van der Waals surface area contributed by atoms with Gasteiger partial charge in [0.1, 0.15) is 17.4 Å². The SMILES string of the molecule is N#C/C(=C\c1oc2ccc(Br)cc2c1Cl)S(=O)(=O)c1ccc(Br)cc1. The molecule has 0 aliphatic rings. The molecular formula is C17H8Br2ClNO3S. The number of fused-ring (bicyclic) bond motifs is 1. The summed E-state index contributed by atoms with van der Waals surface area (Å²) in [6.45, 7) is 0. The molecule has 0 saturated carbocycles. The van der Waals surface area contributed by atoms with Gasteiger partial charge in [-0.05, 0) is 42.5 Å². The van der Waals surface area contributed by atoms with Crippen molar-refractivity contribution in [3.05, 3.63) is 67.1 Å². The van der Waals surface area contributed by atoms with Crippen molar-refractivity contribution < 1.29 is 12.8 Å². The first-order valence-corrected chi connectivity index (χ1v) is 10.3. The molecule has 25 heavy (non-hydrogen) atoms. The van der Waals surface area contributed by atoms with Gasteiger partial charge in [0, 0.05) is 20.4 Å². The van der Waals surface area contributed by atoms with Gasteiger partial charge in [0.25, 0.3) is 0 Å². The lowest BCUT2D eigenvalue weighted by Gasteiger charge is -2.02. The summed E-state index contributed by atoms with van der Waals surface area (Å²) in [6.07, 6.45) is 1.15. The highest BCUT2D eigenvalue weighted by molar-refractivity contribution is 9.10. The van der Waals surface area contributed by atoms with Crippen LogP contribution in [-0.4, -0.2) is 8.42 Å². The van der Waals surface area contributed by atoms with Gasteiger partial charge in [-0.3, -0.25) is 0 Å². The van der Waals surface area contributed by atoms with E-state index >= 15 is 0 Å². The molecule has 3 aromatic rings. The zero-order chi connectivity index (χ0) is 18.2. The van der Waals surface area contributed by atoms with Crippen molar-refractivity contribution in [3.8, 4) is 6.07 Å². The molecule has 8 heteroatoms. The predicted molar refractivity (Wildman–Crippen MR) is 104 cm³/mol. The number of nitriles is 1. The highest BCUT2D eigenvalue weighted by Gasteiger charge is 2.22. The Hall–Kier alpha value is -1.59. The maximum Gasteiger partial charge on any atom is 0.216 e. The lowest BCUT2D eigenvalue weighted by Crippen LogP contribution is -2.03. The molecule has 0 atom stereocenters. The molecular weight excluding hydrogens is 494 g/mol. The molecule has 1 heterocycles. The molecule has 0 unspecified atom stereocenters. The van der Waals surface area contributed by atoms with Crippen molar-refractivity contribution >= 4 is 70.3 Å². The van der Waals surface area contributed by atoms with Gasteiger partial charge in [-0.1, -0.05) is 43.5 Å². The lowest BCUT2D eigenvalue weighted by molar-refractivity contribution is 0.599. The van der Waals surface area contributed by atoms with Crippen LogP contribution in [0.2, 0.25) is 5.02 Å². The number of rotatable bonds is 3. The van der Waals surface area contributed by atoms with Gasteiger partial charge < -0.3 is 4.42 Å². The van der Waals surface area contributed by atoms with Crippen molar-refractivity contribution in [2.45, 2.75) is 4.90 Å². The van der Waals surface area contributed by atoms with Gasteiger partial charge in [0.05, 0.1) is 9.92 Å². The Balaban J connectivity index is 2.14. The molecule has 0 N–H and O–H groups in total. The highest BCUT2D eigenvalue weighted by atomic mass is 79.9. The van der Waals surface area contributed by atoms with Gasteiger partial charge in [-0.2, -0.15) is 5.26 Å². The quantitative estimate of drug-likeness (QED) is 0.416. The fraction of sp³-hybridized carbons (Fsp3) is 0. The van der Waals surface area contributed by atoms with Crippen LogP contribution in [0, 0.1) is 11.3 Å². The van der Waals surface area contributed by atoms with Crippen LogP contribution in [0.4, 0.5) is 0 Å². The summed E-state index contributed by atoms with van der Waals surface area (Å²) in [5, 5.41) is 10.2. The number of benzene rings is 2. The number of halogens is 3. The summed E-state index contributed by atoms with van der Waals surface area (Å²) < 4.78 is 32.4. The monoisotopic (exact) mass is 499 g/mol. The number of sulfone groups is 1. The van der Waals surface area contributed by atoms with Crippen molar-refractivity contribution in [2.75, 3.05) is 0 Å². The Morgan fingerprint density at radius 1 is 1.12 bits per heavy atom. The van der Waals surface area contributed by atoms with Crippen LogP contribution in [-0.2, 0) is 9.84 Å². The van der Waals surface area contributed by atoms with E-state index in [4.69, 9.17) is 16.0 Å². The van der Waals surface area contributed by atoms with E-state index in [2.05, 4.69) is 31.9 Å². The summed E-state index contributed by atoms with van der Waals surface area (Å²) in [5.74, 6) is 0.118. The van der Waals surface area contributed by atoms with Gasteiger partial charge >= 0.3 is 0 Å². The number of nitrogens with zero attached hydrogens (tertiary/aromatic N) is 1. The molecule has 3 rings (SSSR count). The Kier molecular flexibility index (Phi) is 5.07. The molecule has 0 amide bonds. The number of furan rings is 1. The summed E-state index contributed by atoms with van der Waals surface area (Å²) in [4.78, 5) is -0.437. The summed E-state index contributed by atoms with van der Waals surface area (Å²) in [5.41, 5.74) is 0.498. The van der Waals surface area contributed by atoms with E-state index in [0.717, 1.165) is 15.0 Å². The predicted octanol–water partition coefficient (Wildman–Crippen LogP) is 5.95. The molecule has 0 bridgehead atoms. The Morgan fingerprint density at radius 2 is 1.76 bits per heavy atom. The maximum absolute atomic E-state index is 12.7. The zero-order valence-corrected chi connectivity index (χ0v) is 17.1. The summed E-state index contributed by atoms with van der Waals surface area (Å²) in [7, 11) is -3.98. The van der Waals surface area contributed by atoms with E-state index < -0.39 is 14.7 Å².